The number of halogens is 1. The van der Waals surface area contributed by atoms with Crippen molar-refractivity contribution in [1.29, 1.82) is 0 Å². The molecule has 1 aromatic carbocycles. The van der Waals surface area contributed by atoms with Crippen molar-refractivity contribution >= 4 is 24.0 Å². The predicted molar refractivity (Wildman–Crippen MR) is 80.0 cm³/mol. The monoisotopic (exact) mass is 330 g/mol. The predicted octanol–water partition coefficient (Wildman–Crippen LogP) is 2.06. The lowest BCUT2D eigenvalue weighted by molar-refractivity contribution is -0.140. The molecular weight excluding hydrogens is 319 g/mol. The highest BCUT2D eigenvalue weighted by Gasteiger charge is 2.35. The summed E-state index contributed by atoms with van der Waals surface area (Å²) in [6.45, 7) is -0.721. The second-order valence-electron chi connectivity index (χ2n) is 4.98. The van der Waals surface area contributed by atoms with Crippen LogP contribution in [0.25, 0.3) is 17.4 Å². The Morgan fingerprint density at radius 2 is 1.92 bits per heavy atom. The molecule has 2 heterocycles. The highest BCUT2D eigenvalue weighted by Crippen LogP contribution is 2.24. The van der Waals surface area contributed by atoms with Crippen LogP contribution in [-0.2, 0) is 9.59 Å². The Morgan fingerprint density at radius 3 is 2.58 bits per heavy atom. The minimum atomic E-state index is -1.30. The summed E-state index contributed by atoms with van der Waals surface area (Å²) < 4.78 is 18.5. The van der Waals surface area contributed by atoms with Gasteiger partial charge in [-0.25, -0.2) is 14.1 Å². The van der Waals surface area contributed by atoms with Crippen molar-refractivity contribution in [2.75, 3.05) is 6.54 Å². The molecule has 0 radical (unpaired) electrons. The molecule has 1 saturated heterocycles. The first-order valence-corrected chi connectivity index (χ1v) is 6.86. The van der Waals surface area contributed by atoms with Gasteiger partial charge in [0.2, 0.25) is 0 Å². The van der Waals surface area contributed by atoms with E-state index >= 15 is 0 Å². The molecule has 7 nitrogen and oxygen atoms in total. The van der Waals surface area contributed by atoms with Crippen LogP contribution in [-0.4, -0.2) is 34.5 Å². The lowest BCUT2D eigenvalue weighted by atomic mass is 10.2. The number of carbonyl (C=O) groups excluding carboxylic acids is 2. The molecular formula is C16H11FN2O5. The number of aliphatic carboxylic acids is 1. The average Bonchev–Trinajstić information content (AvgIpc) is 3.09. The molecule has 0 aliphatic carbocycles. The van der Waals surface area contributed by atoms with Crippen molar-refractivity contribution in [3.05, 3.63) is 53.7 Å². The quantitative estimate of drug-likeness (QED) is 0.660. The highest BCUT2D eigenvalue weighted by molar-refractivity contribution is 6.14. The fraction of sp³-hybridized carbons (Fsp3) is 0.0625. The Kier molecular flexibility index (Phi) is 3.87. The molecule has 2 aromatic rings. The van der Waals surface area contributed by atoms with E-state index in [1.54, 1.807) is 24.3 Å². The number of amides is 3. The molecule has 0 unspecified atom stereocenters. The molecule has 1 aliphatic heterocycles. The van der Waals surface area contributed by atoms with Gasteiger partial charge in [-0.3, -0.25) is 9.59 Å². The van der Waals surface area contributed by atoms with Crippen LogP contribution in [0.15, 0.2) is 46.5 Å². The minimum Gasteiger partial charge on any atom is -0.480 e. The van der Waals surface area contributed by atoms with Gasteiger partial charge in [0.15, 0.2) is 0 Å². The molecule has 0 bridgehead atoms. The van der Waals surface area contributed by atoms with E-state index in [0.717, 1.165) is 0 Å². The Balaban J connectivity index is 1.82. The smallest absolute Gasteiger partial charge is 0.329 e. The van der Waals surface area contributed by atoms with Crippen LogP contribution in [0.1, 0.15) is 5.76 Å². The topological polar surface area (TPSA) is 99.8 Å². The lowest BCUT2D eigenvalue weighted by Gasteiger charge is -2.06. The van der Waals surface area contributed by atoms with E-state index in [9.17, 15) is 18.8 Å². The second kappa shape index (κ2) is 5.99. The number of carbonyl (C=O) groups is 3. The largest absolute Gasteiger partial charge is 0.480 e. The molecule has 8 heteroatoms. The highest BCUT2D eigenvalue weighted by atomic mass is 19.1. The SMILES string of the molecule is O=C(O)CN1C(=O)N/C(=C/c2ccc(-c3ccc(F)cc3)o2)C1=O. The van der Waals surface area contributed by atoms with Gasteiger partial charge in [-0.1, -0.05) is 0 Å². The number of carboxylic acid groups (broad SMARTS) is 1. The molecule has 1 aromatic heterocycles. The summed E-state index contributed by atoms with van der Waals surface area (Å²) in [4.78, 5) is 34.8. The number of nitrogens with zero attached hydrogens (tertiary/aromatic N) is 1. The number of hydrogen-bond acceptors (Lipinski definition) is 4. The lowest BCUT2D eigenvalue weighted by Crippen LogP contribution is -2.35. The number of carboxylic acids is 1. The molecule has 0 spiro atoms. The zero-order valence-electron chi connectivity index (χ0n) is 12.2. The average molecular weight is 330 g/mol. The zero-order valence-corrected chi connectivity index (χ0v) is 12.2. The van der Waals surface area contributed by atoms with Gasteiger partial charge >= 0.3 is 12.0 Å². The van der Waals surface area contributed by atoms with Crippen LogP contribution in [0, 0.1) is 5.82 Å². The Labute approximate surface area is 135 Å². The van der Waals surface area contributed by atoms with E-state index in [1.165, 1.54) is 18.2 Å². The zero-order chi connectivity index (χ0) is 17.3. The molecule has 24 heavy (non-hydrogen) atoms. The van der Waals surface area contributed by atoms with Crippen molar-refractivity contribution in [3.63, 3.8) is 0 Å². The fourth-order valence-electron chi connectivity index (χ4n) is 2.19. The number of urea groups is 1. The van der Waals surface area contributed by atoms with E-state index in [2.05, 4.69) is 5.32 Å². The summed E-state index contributed by atoms with van der Waals surface area (Å²) in [5, 5.41) is 11.0. The van der Waals surface area contributed by atoms with Crippen molar-refractivity contribution < 1.29 is 28.3 Å². The Hall–Kier alpha value is -3.42. The number of imide groups is 1. The number of furan rings is 1. The number of nitrogens with one attached hydrogen (secondary N) is 1. The van der Waals surface area contributed by atoms with Gasteiger partial charge in [0.05, 0.1) is 0 Å². The third kappa shape index (κ3) is 3.02. The van der Waals surface area contributed by atoms with Crippen LogP contribution < -0.4 is 5.32 Å². The van der Waals surface area contributed by atoms with Crippen LogP contribution in [0.3, 0.4) is 0 Å². The number of hydrogen-bond donors (Lipinski definition) is 2. The standard InChI is InChI=1S/C16H11FN2O5/c17-10-3-1-9(2-4-10)13-6-5-11(24-13)7-12-15(22)19(8-14(20)21)16(23)18-12/h1-7H,8H2,(H,18,23)(H,20,21)/b12-7+. The van der Waals surface area contributed by atoms with Crippen molar-refractivity contribution in [3.8, 4) is 11.3 Å². The van der Waals surface area contributed by atoms with Crippen LogP contribution in [0.5, 0.6) is 0 Å². The van der Waals surface area contributed by atoms with Crippen molar-refractivity contribution in [2.24, 2.45) is 0 Å². The van der Waals surface area contributed by atoms with Gasteiger partial charge in [0.25, 0.3) is 5.91 Å². The molecule has 1 aliphatic rings. The first kappa shape index (κ1) is 15.5. The maximum Gasteiger partial charge on any atom is 0.329 e. The summed E-state index contributed by atoms with van der Waals surface area (Å²) in [6, 6.07) is 8.07. The molecule has 3 rings (SSSR count). The molecule has 2 N–H and O–H groups in total. The van der Waals surface area contributed by atoms with Crippen molar-refractivity contribution in [2.45, 2.75) is 0 Å². The molecule has 0 atom stereocenters. The molecule has 0 saturated carbocycles. The van der Waals surface area contributed by atoms with E-state index < -0.39 is 24.5 Å². The maximum atomic E-state index is 12.9. The van der Waals surface area contributed by atoms with Gasteiger partial charge in [-0.15, -0.1) is 0 Å². The van der Waals surface area contributed by atoms with Crippen LogP contribution >= 0.6 is 0 Å². The van der Waals surface area contributed by atoms with Crippen molar-refractivity contribution in [1.82, 2.24) is 10.2 Å². The van der Waals surface area contributed by atoms with Crippen LogP contribution in [0.2, 0.25) is 0 Å². The third-order valence-corrected chi connectivity index (χ3v) is 3.30. The summed E-state index contributed by atoms with van der Waals surface area (Å²) in [5.74, 6) is -1.67. The Morgan fingerprint density at radius 1 is 1.21 bits per heavy atom. The summed E-state index contributed by atoms with van der Waals surface area (Å²) in [7, 11) is 0. The normalized spacial score (nSPS) is 15.9. The van der Waals surface area contributed by atoms with Gasteiger partial charge in [0.1, 0.15) is 29.6 Å². The number of rotatable bonds is 4. The van der Waals surface area contributed by atoms with Gasteiger partial charge in [0, 0.05) is 11.6 Å². The molecule has 1 fully saturated rings. The number of benzene rings is 1. The van der Waals surface area contributed by atoms with Gasteiger partial charge in [-0.05, 0) is 36.4 Å². The van der Waals surface area contributed by atoms with E-state index in [0.29, 0.717) is 16.2 Å². The first-order valence-electron chi connectivity index (χ1n) is 6.86. The van der Waals surface area contributed by atoms with Gasteiger partial charge in [-0.2, -0.15) is 0 Å². The minimum absolute atomic E-state index is 0.0822. The fourth-order valence-corrected chi connectivity index (χ4v) is 2.19. The van der Waals surface area contributed by atoms with E-state index in [-0.39, 0.29) is 17.3 Å². The first-order chi connectivity index (χ1) is 11.4. The summed E-state index contributed by atoms with van der Waals surface area (Å²) in [6.07, 6.45) is 1.30. The van der Waals surface area contributed by atoms with Gasteiger partial charge < -0.3 is 14.8 Å². The second-order valence-corrected chi connectivity index (χ2v) is 4.98. The third-order valence-electron chi connectivity index (χ3n) is 3.30. The Bertz CT molecular complexity index is 854. The summed E-state index contributed by atoms with van der Waals surface area (Å²) in [5.41, 5.74) is 0.566. The van der Waals surface area contributed by atoms with Crippen LogP contribution in [0.4, 0.5) is 9.18 Å². The molecule has 122 valence electrons. The van der Waals surface area contributed by atoms with E-state index in [4.69, 9.17) is 9.52 Å². The maximum absolute atomic E-state index is 12.9. The summed E-state index contributed by atoms with van der Waals surface area (Å²) >= 11 is 0. The molecule has 3 amide bonds. The van der Waals surface area contributed by atoms with E-state index in [1.807, 2.05) is 0 Å².